The number of anilines is 1. The van der Waals surface area contributed by atoms with Gasteiger partial charge in [0.2, 0.25) is 0 Å². The average Bonchev–Trinajstić information content (AvgIpc) is 2.81. The summed E-state index contributed by atoms with van der Waals surface area (Å²) in [6, 6.07) is 10.4. The van der Waals surface area contributed by atoms with Crippen molar-refractivity contribution >= 4 is 5.69 Å². The van der Waals surface area contributed by atoms with E-state index in [9.17, 15) is 0 Å². The van der Waals surface area contributed by atoms with Gasteiger partial charge in [0.15, 0.2) is 0 Å². The fourth-order valence-electron chi connectivity index (χ4n) is 2.85. The van der Waals surface area contributed by atoms with Crippen LogP contribution in [0.5, 0.6) is 0 Å². The molecule has 0 aromatic heterocycles. The van der Waals surface area contributed by atoms with E-state index in [1.807, 2.05) is 0 Å². The molecule has 1 N–H and O–H groups in total. The Labute approximate surface area is 117 Å². The Morgan fingerprint density at radius 1 is 1.32 bits per heavy atom. The predicted octanol–water partition coefficient (Wildman–Crippen LogP) is 2.37. The van der Waals surface area contributed by atoms with E-state index in [1.165, 1.54) is 44.7 Å². The lowest BCUT2D eigenvalue weighted by molar-refractivity contribution is 0.273. The normalized spacial score (nSPS) is 20.1. The molecule has 1 unspecified atom stereocenters. The van der Waals surface area contributed by atoms with Gasteiger partial charge >= 0.3 is 0 Å². The van der Waals surface area contributed by atoms with Crippen LogP contribution in [0.1, 0.15) is 12.8 Å². The quantitative estimate of drug-likeness (QED) is 0.760. The largest absolute Gasteiger partial charge is 0.385 e. The molecule has 1 aliphatic heterocycles. The van der Waals surface area contributed by atoms with Crippen LogP contribution >= 0.6 is 0 Å². The monoisotopic (exact) mass is 261 g/mol. The van der Waals surface area contributed by atoms with E-state index in [0.717, 1.165) is 12.5 Å². The summed E-state index contributed by atoms with van der Waals surface area (Å²) in [5.74, 6) is 0.872. The topological polar surface area (TPSA) is 18.5 Å². The predicted molar refractivity (Wildman–Crippen MR) is 82.6 cm³/mol. The summed E-state index contributed by atoms with van der Waals surface area (Å²) in [6.07, 6.45) is 2.57. The molecule has 1 fully saturated rings. The third kappa shape index (κ3) is 5.21. The summed E-state index contributed by atoms with van der Waals surface area (Å²) in [7, 11) is 4.48. The van der Waals surface area contributed by atoms with Gasteiger partial charge in [0, 0.05) is 25.3 Å². The van der Waals surface area contributed by atoms with Crippen molar-refractivity contribution in [2.45, 2.75) is 12.8 Å². The molecular formula is C16H27N3. The van der Waals surface area contributed by atoms with Crippen molar-refractivity contribution < 1.29 is 0 Å². The number of hydrogen-bond acceptors (Lipinski definition) is 3. The minimum atomic E-state index is 0.872. The van der Waals surface area contributed by atoms with Crippen molar-refractivity contribution in [3.63, 3.8) is 0 Å². The van der Waals surface area contributed by atoms with Crippen molar-refractivity contribution in [1.29, 1.82) is 0 Å². The van der Waals surface area contributed by atoms with Crippen LogP contribution < -0.4 is 5.32 Å². The summed E-state index contributed by atoms with van der Waals surface area (Å²) in [5.41, 5.74) is 1.22. The second-order valence-corrected chi connectivity index (χ2v) is 5.83. The van der Waals surface area contributed by atoms with Crippen LogP contribution in [-0.4, -0.2) is 56.6 Å². The van der Waals surface area contributed by atoms with Gasteiger partial charge in [-0.25, -0.2) is 0 Å². The fourth-order valence-corrected chi connectivity index (χ4v) is 2.85. The van der Waals surface area contributed by atoms with Crippen LogP contribution in [-0.2, 0) is 0 Å². The van der Waals surface area contributed by atoms with Crippen molar-refractivity contribution in [3.05, 3.63) is 30.3 Å². The second-order valence-electron chi connectivity index (χ2n) is 5.83. The Bertz CT molecular complexity index is 352. The smallest absolute Gasteiger partial charge is 0.0340 e. The Morgan fingerprint density at radius 2 is 2.11 bits per heavy atom. The molecular weight excluding hydrogens is 234 g/mol. The molecule has 106 valence electrons. The van der Waals surface area contributed by atoms with Gasteiger partial charge in [-0.2, -0.15) is 0 Å². The molecule has 0 spiro atoms. The van der Waals surface area contributed by atoms with Gasteiger partial charge in [0.05, 0.1) is 0 Å². The third-order valence-corrected chi connectivity index (χ3v) is 3.88. The maximum absolute atomic E-state index is 3.47. The van der Waals surface area contributed by atoms with Crippen molar-refractivity contribution in [2.24, 2.45) is 5.92 Å². The van der Waals surface area contributed by atoms with E-state index >= 15 is 0 Å². The first-order valence-corrected chi connectivity index (χ1v) is 7.40. The van der Waals surface area contributed by atoms with Gasteiger partial charge in [-0.1, -0.05) is 18.2 Å². The van der Waals surface area contributed by atoms with E-state index in [4.69, 9.17) is 0 Å². The molecule has 1 aromatic carbocycles. The molecule has 3 nitrogen and oxygen atoms in total. The first-order chi connectivity index (χ1) is 9.24. The van der Waals surface area contributed by atoms with Gasteiger partial charge in [-0.15, -0.1) is 0 Å². The zero-order valence-electron chi connectivity index (χ0n) is 12.3. The molecule has 0 saturated carbocycles. The molecule has 0 aliphatic carbocycles. The zero-order valence-corrected chi connectivity index (χ0v) is 12.3. The van der Waals surface area contributed by atoms with Crippen LogP contribution in [0.2, 0.25) is 0 Å². The third-order valence-electron chi connectivity index (χ3n) is 3.88. The number of para-hydroxylation sites is 1. The van der Waals surface area contributed by atoms with Gasteiger partial charge in [0.25, 0.3) is 0 Å². The van der Waals surface area contributed by atoms with Crippen molar-refractivity contribution in [1.82, 2.24) is 9.80 Å². The van der Waals surface area contributed by atoms with Crippen LogP contribution in [0.15, 0.2) is 30.3 Å². The van der Waals surface area contributed by atoms with Crippen LogP contribution in [0, 0.1) is 5.92 Å². The Balaban J connectivity index is 1.55. The van der Waals surface area contributed by atoms with E-state index in [2.05, 4.69) is 59.5 Å². The maximum Gasteiger partial charge on any atom is 0.0340 e. The standard InChI is InChI=1S/C16H27N3/c1-18(13-15-9-12-19(2)14-15)11-6-10-17-16-7-4-3-5-8-16/h3-5,7-8,15,17H,6,9-14H2,1-2H3. The highest BCUT2D eigenvalue weighted by Gasteiger charge is 2.20. The first kappa shape index (κ1) is 14.4. The lowest BCUT2D eigenvalue weighted by Crippen LogP contribution is -2.29. The summed E-state index contributed by atoms with van der Waals surface area (Å²) < 4.78 is 0. The lowest BCUT2D eigenvalue weighted by Gasteiger charge is -2.21. The number of nitrogens with one attached hydrogen (secondary N) is 1. The Hall–Kier alpha value is -1.06. The van der Waals surface area contributed by atoms with E-state index < -0.39 is 0 Å². The SMILES string of the molecule is CN(CCCNc1ccccc1)CC1CCN(C)C1. The van der Waals surface area contributed by atoms with Gasteiger partial charge in [-0.3, -0.25) is 0 Å². The van der Waals surface area contributed by atoms with Crippen molar-refractivity contribution in [2.75, 3.05) is 52.1 Å². The zero-order chi connectivity index (χ0) is 13.5. The van der Waals surface area contributed by atoms with Gasteiger partial charge in [-0.05, 0) is 58.1 Å². The number of rotatable bonds is 7. The summed E-state index contributed by atoms with van der Waals surface area (Å²) in [5, 5.41) is 3.47. The molecule has 1 aliphatic rings. The van der Waals surface area contributed by atoms with Gasteiger partial charge in [0.1, 0.15) is 0 Å². The van der Waals surface area contributed by atoms with Crippen molar-refractivity contribution in [3.8, 4) is 0 Å². The van der Waals surface area contributed by atoms with Crippen LogP contribution in [0.4, 0.5) is 5.69 Å². The minimum absolute atomic E-state index is 0.872. The van der Waals surface area contributed by atoms with Gasteiger partial charge < -0.3 is 15.1 Å². The highest BCUT2D eigenvalue weighted by molar-refractivity contribution is 5.42. The second kappa shape index (κ2) is 7.51. The molecule has 1 atom stereocenters. The Morgan fingerprint density at radius 3 is 2.79 bits per heavy atom. The molecule has 1 heterocycles. The summed E-state index contributed by atoms with van der Waals surface area (Å²) in [6.45, 7) is 6.02. The first-order valence-electron chi connectivity index (χ1n) is 7.40. The maximum atomic E-state index is 3.47. The summed E-state index contributed by atoms with van der Waals surface area (Å²) in [4.78, 5) is 4.92. The molecule has 1 aromatic rings. The molecule has 3 heteroatoms. The molecule has 0 radical (unpaired) electrons. The highest BCUT2D eigenvalue weighted by atomic mass is 15.1. The number of benzene rings is 1. The molecule has 0 amide bonds. The highest BCUT2D eigenvalue weighted by Crippen LogP contribution is 2.15. The van der Waals surface area contributed by atoms with E-state index in [0.29, 0.717) is 0 Å². The molecule has 19 heavy (non-hydrogen) atoms. The summed E-state index contributed by atoms with van der Waals surface area (Å²) >= 11 is 0. The van der Waals surface area contributed by atoms with Crippen LogP contribution in [0.3, 0.4) is 0 Å². The van der Waals surface area contributed by atoms with E-state index in [-0.39, 0.29) is 0 Å². The number of nitrogens with zero attached hydrogens (tertiary/aromatic N) is 2. The minimum Gasteiger partial charge on any atom is -0.385 e. The molecule has 2 rings (SSSR count). The van der Waals surface area contributed by atoms with Crippen LogP contribution in [0.25, 0.3) is 0 Å². The number of hydrogen-bond donors (Lipinski definition) is 1. The lowest BCUT2D eigenvalue weighted by atomic mass is 10.1. The average molecular weight is 261 g/mol. The Kier molecular flexibility index (Phi) is 5.67. The fraction of sp³-hybridized carbons (Fsp3) is 0.625. The molecule has 1 saturated heterocycles. The number of likely N-dealkylation sites (tertiary alicyclic amines) is 1. The van der Waals surface area contributed by atoms with E-state index in [1.54, 1.807) is 0 Å². The molecule has 0 bridgehead atoms.